The molecular weight excluding hydrogens is 1150 g/mol. The lowest BCUT2D eigenvalue weighted by atomic mass is 9.98. The van der Waals surface area contributed by atoms with Crippen molar-refractivity contribution in [1.29, 1.82) is 0 Å². The Morgan fingerprint density at radius 2 is 1.33 bits per heavy atom. The van der Waals surface area contributed by atoms with Crippen LogP contribution in [0, 0.1) is 11.8 Å². The van der Waals surface area contributed by atoms with E-state index in [1.54, 1.807) is 145 Å². The fourth-order valence-electron chi connectivity index (χ4n) is 9.24. The Kier molecular flexibility index (Phi) is 25.1. The molecule has 0 bridgehead atoms. The zero-order valence-electron chi connectivity index (χ0n) is 49.8. The van der Waals surface area contributed by atoms with Gasteiger partial charge in [0.1, 0.15) is 64.6 Å². The van der Waals surface area contributed by atoms with Crippen molar-refractivity contribution < 1.29 is 109 Å². The van der Waals surface area contributed by atoms with Crippen molar-refractivity contribution in [2.24, 2.45) is 11.8 Å². The molecule has 23 heteroatoms. The molecule has 2 fully saturated rings. The number of alkyl halides is 4. The predicted octanol–water partition coefficient (Wildman–Crippen LogP) is 11.9. The molecule has 0 aliphatic carbocycles. The number of aliphatic hydroxyl groups is 1. The number of carbonyl (C=O) groups excluding carboxylic acids is 3. The fraction of sp³-hybridized carbons (Fsp3) is 0.438. The largest absolute Gasteiger partial charge is 0.478 e. The molecule has 0 aromatic heterocycles. The maximum absolute atomic E-state index is 13.5. The van der Waals surface area contributed by atoms with Gasteiger partial charge in [-0.3, -0.25) is 0 Å². The van der Waals surface area contributed by atoms with Crippen LogP contribution in [-0.4, -0.2) is 136 Å². The first-order valence-electron chi connectivity index (χ1n) is 27.8. The number of aliphatic hydroxyl groups excluding tert-OH is 1. The molecule has 0 saturated carbocycles. The van der Waals surface area contributed by atoms with E-state index in [0.29, 0.717) is 11.1 Å². The molecule has 0 spiro atoms. The van der Waals surface area contributed by atoms with E-state index in [4.69, 9.17) is 52.1 Å². The Morgan fingerprint density at radius 1 is 0.747 bits per heavy atom. The van der Waals surface area contributed by atoms with Crippen LogP contribution in [0.1, 0.15) is 121 Å². The monoisotopic (exact) mass is 1220 g/mol. The third-order valence-corrected chi connectivity index (χ3v) is 13.7. The lowest BCUT2D eigenvalue weighted by Gasteiger charge is -2.25. The smallest absolute Gasteiger partial charge is 0.387 e. The minimum Gasteiger partial charge on any atom is -0.478 e. The summed E-state index contributed by atoms with van der Waals surface area (Å²) in [5.74, 6) is -6.63. The molecule has 472 valence electrons. The van der Waals surface area contributed by atoms with Gasteiger partial charge in [-0.2, -0.15) is 17.6 Å². The topological polar surface area (TPSA) is 229 Å². The number of aromatic carboxylic acids is 1. The van der Waals surface area contributed by atoms with Crippen molar-refractivity contribution in [1.82, 2.24) is 0 Å². The number of cyclic esters (lactones) is 1. The molecule has 0 radical (unpaired) electrons. The molecule has 3 aliphatic heterocycles. The number of carbonyl (C=O) groups is 4. The summed E-state index contributed by atoms with van der Waals surface area (Å²) in [6, 6.07) is 21.7. The van der Waals surface area contributed by atoms with E-state index in [2.05, 4.69) is 9.47 Å². The van der Waals surface area contributed by atoms with Crippen molar-refractivity contribution in [3.63, 3.8) is 0 Å². The molecule has 2 unspecified atom stereocenters. The van der Waals surface area contributed by atoms with E-state index >= 15 is 0 Å². The average molecular weight is 1220 g/mol. The standard InChI is InChI=1S/C32H38F2O10.C32H36F2O9/c1-19(20(2)35)14-15-24(42-30(38)21-10-7-6-8-11-21)28-25(43-32(3,4)44-28)13-9-12-22-16-23(41-31(33)34)17-26(40-18-39-5)27(22)29(36)37;1-19-14-15-24(41-29(35)21-10-7-6-8-11-21)28-25(42-32(3,4)43-28)13-9-12-22-16-23(40-31(33)34)17-26(38-18-37-5)27(22)30(36)39-20(19)2/h6-12,14-17,19-20,24-25,28,31,35H,13,18H2,1-5H3,(H,36,37);6-12,14-17,19-20,24-25,28,31H,13,18H2,1-5H3/b2*12-9+,15-14-/t2*19-,20+,24?,25+,28-/m11/s1. The molecule has 19 nitrogen and oxygen atoms in total. The Labute approximate surface area is 502 Å². The van der Waals surface area contributed by atoms with Gasteiger partial charge in [0.15, 0.2) is 25.2 Å². The molecule has 2 N–H and O–H groups in total. The van der Waals surface area contributed by atoms with Gasteiger partial charge < -0.3 is 71.8 Å². The Balaban J connectivity index is 0.000000278. The zero-order chi connectivity index (χ0) is 63.6. The summed E-state index contributed by atoms with van der Waals surface area (Å²) in [6.45, 7) is 7.12. The van der Waals surface area contributed by atoms with E-state index in [1.807, 2.05) is 13.8 Å². The van der Waals surface area contributed by atoms with Gasteiger partial charge in [0.2, 0.25) is 0 Å². The quantitative estimate of drug-likeness (QED) is 0.0245. The number of ether oxygens (including phenoxy) is 13. The predicted molar refractivity (Wildman–Crippen MR) is 308 cm³/mol. The minimum atomic E-state index is -3.15. The lowest BCUT2D eigenvalue weighted by molar-refractivity contribution is -0.153. The molecular formula is C64H74F4O19. The number of halogens is 4. The van der Waals surface area contributed by atoms with Crippen molar-refractivity contribution in [3.8, 4) is 23.0 Å². The Hall–Kier alpha value is -7.64. The number of rotatable bonds is 22. The zero-order valence-corrected chi connectivity index (χ0v) is 49.8. The second-order valence-corrected chi connectivity index (χ2v) is 21.3. The van der Waals surface area contributed by atoms with Crippen LogP contribution in [-0.2, 0) is 42.6 Å². The summed E-state index contributed by atoms with van der Waals surface area (Å²) in [7, 11) is 2.71. The number of fused-ring (bicyclic) bond motifs is 2. The SMILES string of the molecule is COCOc1cc(OC(F)F)cc(/C=C/C[C@@H]2OC(C)(C)O[C@@H]2C(/C=C\[C@@H](C)[C@H](C)O)OC(=O)c2ccccc2)c1C(=O)O.COCOc1cc(OC(F)F)cc2c1C(=O)O[C@@H](C)[C@H](C)/C=C\C(OC(=O)c1ccccc1)[C@H]1OC(C)(C)O[C@H]1C/C=C/2. The Morgan fingerprint density at radius 3 is 1.93 bits per heavy atom. The summed E-state index contributed by atoms with van der Waals surface area (Å²) in [6.07, 6.45) is 7.80. The molecule has 3 aliphatic rings. The first-order chi connectivity index (χ1) is 41.3. The van der Waals surface area contributed by atoms with Gasteiger partial charge in [-0.05, 0) is 120 Å². The van der Waals surface area contributed by atoms with Crippen LogP contribution in [0.15, 0.2) is 121 Å². The van der Waals surface area contributed by atoms with Crippen LogP contribution in [0.25, 0.3) is 12.2 Å². The first-order valence-corrected chi connectivity index (χ1v) is 27.8. The van der Waals surface area contributed by atoms with Gasteiger partial charge in [0.25, 0.3) is 0 Å². The third-order valence-electron chi connectivity index (χ3n) is 13.7. The summed E-state index contributed by atoms with van der Waals surface area (Å²) < 4.78 is 124. The van der Waals surface area contributed by atoms with Crippen LogP contribution < -0.4 is 18.9 Å². The van der Waals surface area contributed by atoms with Crippen molar-refractivity contribution >= 4 is 36.0 Å². The maximum Gasteiger partial charge on any atom is 0.387 e. The van der Waals surface area contributed by atoms with E-state index in [-0.39, 0.29) is 83.5 Å². The summed E-state index contributed by atoms with van der Waals surface area (Å²) in [5.41, 5.74) is 0.709. The van der Waals surface area contributed by atoms with E-state index in [1.165, 1.54) is 32.4 Å². The van der Waals surface area contributed by atoms with Gasteiger partial charge >= 0.3 is 37.1 Å². The highest BCUT2D eigenvalue weighted by atomic mass is 19.3. The van der Waals surface area contributed by atoms with Crippen LogP contribution in [0.3, 0.4) is 0 Å². The number of hydrogen-bond donors (Lipinski definition) is 2. The van der Waals surface area contributed by atoms with E-state index < -0.39 is 97.5 Å². The number of methoxy groups -OCH3 is 2. The minimum absolute atomic E-state index is 0.0187. The molecule has 0 amide bonds. The number of esters is 3. The van der Waals surface area contributed by atoms with Gasteiger partial charge in [-0.25, -0.2) is 19.2 Å². The van der Waals surface area contributed by atoms with Crippen LogP contribution >= 0.6 is 0 Å². The van der Waals surface area contributed by atoms with Gasteiger partial charge in [0.05, 0.1) is 29.4 Å². The fourth-order valence-corrected chi connectivity index (χ4v) is 9.24. The van der Waals surface area contributed by atoms with E-state index in [9.17, 15) is 47.0 Å². The first kappa shape index (κ1) is 68.5. The van der Waals surface area contributed by atoms with Crippen molar-refractivity contribution in [3.05, 3.63) is 155 Å². The van der Waals surface area contributed by atoms with Gasteiger partial charge in [-0.1, -0.05) is 86.7 Å². The number of benzene rings is 4. The maximum atomic E-state index is 13.5. The van der Waals surface area contributed by atoms with Crippen molar-refractivity contribution in [2.75, 3.05) is 27.8 Å². The number of hydrogen-bond acceptors (Lipinski definition) is 18. The average Bonchev–Trinajstić information content (AvgIpc) is 2.12. The normalized spacial score (nSPS) is 23.4. The summed E-state index contributed by atoms with van der Waals surface area (Å²) in [5, 5.41) is 19.9. The highest BCUT2D eigenvalue weighted by Crippen LogP contribution is 2.38. The second kappa shape index (κ2) is 31.8. The van der Waals surface area contributed by atoms with Crippen molar-refractivity contribution in [2.45, 2.75) is 142 Å². The number of carboxylic acid groups (broad SMARTS) is 1. The molecule has 10 atom stereocenters. The highest BCUT2D eigenvalue weighted by molar-refractivity contribution is 5.97. The molecule has 4 aromatic rings. The van der Waals surface area contributed by atoms with Crippen LogP contribution in [0.4, 0.5) is 17.6 Å². The molecule has 2 saturated heterocycles. The summed E-state index contributed by atoms with van der Waals surface area (Å²) >= 11 is 0. The van der Waals surface area contributed by atoms with Gasteiger partial charge in [-0.15, -0.1) is 0 Å². The molecule has 4 aromatic carbocycles. The second-order valence-electron chi connectivity index (χ2n) is 21.3. The Bertz CT molecular complexity index is 3040. The lowest BCUT2D eigenvalue weighted by Crippen LogP contribution is -2.37. The summed E-state index contributed by atoms with van der Waals surface area (Å²) in [4.78, 5) is 51.7. The van der Waals surface area contributed by atoms with Crippen LogP contribution in [0.2, 0.25) is 0 Å². The molecule has 3 heterocycles. The third kappa shape index (κ3) is 20.2. The molecule has 7 rings (SSSR count). The van der Waals surface area contributed by atoms with E-state index in [0.717, 1.165) is 12.1 Å². The van der Waals surface area contributed by atoms with Crippen LogP contribution in [0.5, 0.6) is 23.0 Å². The number of carboxylic acids is 1. The van der Waals surface area contributed by atoms with Gasteiger partial charge in [0, 0.05) is 32.3 Å². The molecule has 87 heavy (non-hydrogen) atoms. The highest BCUT2D eigenvalue weighted by Gasteiger charge is 2.47.